The third-order valence-electron chi connectivity index (χ3n) is 2.83. The third kappa shape index (κ3) is 3.79. The van der Waals surface area contributed by atoms with E-state index in [0.29, 0.717) is 17.8 Å². The highest BCUT2D eigenvalue weighted by atomic mass is 32.2. The molecular weight excluding hydrogens is 274 g/mol. The maximum Gasteiger partial charge on any atom is 0.236 e. The molecule has 0 radical (unpaired) electrons. The smallest absolute Gasteiger partial charge is 0.236 e. The van der Waals surface area contributed by atoms with E-state index >= 15 is 0 Å². The van der Waals surface area contributed by atoms with Crippen molar-refractivity contribution in [2.45, 2.75) is 19.2 Å². The minimum absolute atomic E-state index is 0.103. The lowest BCUT2D eigenvalue weighted by Gasteiger charge is -2.10. The summed E-state index contributed by atoms with van der Waals surface area (Å²) in [4.78, 5) is 3.96. The molecule has 3 N–H and O–H groups in total. The number of benzene rings is 1. The standard InChI is InChI=1S/C14H17N3O2S/c1-11-6-14(9-16-8-11)17-20(18,19)10-13-5-3-2-4-12(13)7-15/h2-6,8-9,17H,7,10,15H2,1H3. The van der Waals surface area contributed by atoms with Crippen molar-refractivity contribution in [1.29, 1.82) is 0 Å². The Labute approximate surface area is 118 Å². The second-order valence-corrected chi connectivity index (χ2v) is 6.31. The zero-order valence-electron chi connectivity index (χ0n) is 11.2. The van der Waals surface area contributed by atoms with Gasteiger partial charge in [0.2, 0.25) is 10.0 Å². The van der Waals surface area contributed by atoms with Crippen molar-refractivity contribution in [3.63, 3.8) is 0 Å². The van der Waals surface area contributed by atoms with Crippen molar-refractivity contribution in [3.8, 4) is 0 Å². The van der Waals surface area contributed by atoms with Crippen LogP contribution in [0.15, 0.2) is 42.7 Å². The van der Waals surface area contributed by atoms with Gasteiger partial charge in [0, 0.05) is 12.7 Å². The number of anilines is 1. The van der Waals surface area contributed by atoms with Gasteiger partial charge in [-0.05, 0) is 29.7 Å². The minimum Gasteiger partial charge on any atom is -0.326 e. The van der Waals surface area contributed by atoms with Crippen LogP contribution >= 0.6 is 0 Å². The van der Waals surface area contributed by atoms with E-state index in [9.17, 15) is 8.42 Å². The first-order valence-corrected chi connectivity index (χ1v) is 7.84. The van der Waals surface area contributed by atoms with Crippen LogP contribution < -0.4 is 10.5 Å². The summed E-state index contributed by atoms with van der Waals surface area (Å²) >= 11 is 0. The number of nitrogens with two attached hydrogens (primary N) is 1. The van der Waals surface area contributed by atoms with Crippen LogP contribution in [0.3, 0.4) is 0 Å². The number of aryl methyl sites for hydroxylation is 1. The molecule has 1 heterocycles. The summed E-state index contributed by atoms with van der Waals surface area (Å²) in [6.45, 7) is 2.17. The summed E-state index contributed by atoms with van der Waals surface area (Å²) < 4.78 is 26.9. The monoisotopic (exact) mass is 291 g/mol. The normalized spacial score (nSPS) is 11.3. The first-order valence-electron chi connectivity index (χ1n) is 6.19. The molecule has 2 aromatic rings. The maximum atomic E-state index is 12.2. The summed E-state index contributed by atoms with van der Waals surface area (Å²) in [5.74, 6) is -0.103. The number of sulfonamides is 1. The highest BCUT2D eigenvalue weighted by Gasteiger charge is 2.14. The van der Waals surface area contributed by atoms with E-state index in [0.717, 1.165) is 11.1 Å². The third-order valence-corrected chi connectivity index (χ3v) is 4.07. The van der Waals surface area contributed by atoms with E-state index in [1.54, 1.807) is 24.4 Å². The molecule has 0 aliphatic heterocycles. The number of rotatable bonds is 5. The molecule has 5 nitrogen and oxygen atoms in total. The van der Waals surface area contributed by atoms with E-state index in [1.165, 1.54) is 6.20 Å². The van der Waals surface area contributed by atoms with Gasteiger partial charge in [-0.3, -0.25) is 9.71 Å². The van der Waals surface area contributed by atoms with E-state index in [2.05, 4.69) is 9.71 Å². The van der Waals surface area contributed by atoms with Crippen LogP contribution in [0.4, 0.5) is 5.69 Å². The lowest BCUT2D eigenvalue weighted by Crippen LogP contribution is -2.16. The van der Waals surface area contributed by atoms with Gasteiger partial charge in [0.25, 0.3) is 0 Å². The van der Waals surface area contributed by atoms with Gasteiger partial charge in [0.05, 0.1) is 17.6 Å². The first-order chi connectivity index (χ1) is 9.50. The molecule has 20 heavy (non-hydrogen) atoms. The molecule has 0 aliphatic rings. The lowest BCUT2D eigenvalue weighted by atomic mass is 10.1. The van der Waals surface area contributed by atoms with Crippen LogP contribution in [0.5, 0.6) is 0 Å². The average Bonchev–Trinajstić information content (AvgIpc) is 2.38. The minimum atomic E-state index is -3.48. The second kappa shape index (κ2) is 6.02. The fourth-order valence-electron chi connectivity index (χ4n) is 1.93. The molecule has 0 spiro atoms. The molecule has 106 valence electrons. The summed E-state index contributed by atoms with van der Waals surface area (Å²) in [5.41, 5.74) is 8.53. The zero-order chi connectivity index (χ0) is 14.6. The van der Waals surface area contributed by atoms with Crippen molar-refractivity contribution in [3.05, 3.63) is 59.4 Å². The average molecular weight is 291 g/mol. The van der Waals surface area contributed by atoms with Crippen LogP contribution in [0, 0.1) is 6.92 Å². The molecule has 0 atom stereocenters. The Morgan fingerprint density at radius 3 is 2.55 bits per heavy atom. The molecule has 0 unspecified atom stereocenters. The van der Waals surface area contributed by atoms with Crippen molar-refractivity contribution in [1.82, 2.24) is 4.98 Å². The van der Waals surface area contributed by atoms with Crippen LogP contribution in [0.2, 0.25) is 0 Å². The molecule has 0 saturated carbocycles. The van der Waals surface area contributed by atoms with E-state index in [4.69, 9.17) is 5.73 Å². The van der Waals surface area contributed by atoms with E-state index in [-0.39, 0.29) is 5.75 Å². The molecule has 0 aliphatic carbocycles. The molecular formula is C14H17N3O2S. The predicted molar refractivity (Wildman–Crippen MR) is 79.6 cm³/mol. The fraction of sp³-hybridized carbons (Fsp3) is 0.214. The highest BCUT2D eigenvalue weighted by molar-refractivity contribution is 7.91. The summed E-state index contributed by atoms with van der Waals surface area (Å²) in [5, 5.41) is 0. The van der Waals surface area contributed by atoms with Crippen LogP contribution in [0.25, 0.3) is 0 Å². The van der Waals surface area contributed by atoms with Crippen molar-refractivity contribution >= 4 is 15.7 Å². The summed E-state index contributed by atoms with van der Waals surface area (Å²) in [7, 11) is -3.48. The SMILES string of the molecule is Cc1cncc(NS(=O)(=O)Cc2ccccc2CN)c1. The number of nitrogens with zero attached hydrogens (tertiary/aromatic N) is 1. The Morgan fingerprint density at radius 1 is 1.20 bits per heavy atom. The van der Waals surface area contributed by atoms with Crippen LogP contribution in [0.1, 0.15) is 16.7 Å². The van der Waals surface area contributed by atoms with Gasteiger partial charge in [-0.2, -0.15) is 0 Å². The molecule has 6 heteroatoms. The quantitative estimate of drug-likeness (QED) is 0.879. The van der Waals surface area contributed by atoms with Crippen LogP contribution in [-0.4, -0.2) is 13.4 Å². The maximum absolute atomic E-state index is 12.2. The fourth-order valence-corrected chi connectivity index (χ4v) is 3.16. The van der Waals surface area contributed by atoms with Gasteiger partial charge in [0.15, 0.2) is 0 Å². The summed E-state index contributed by atoms with van der Waals surface area (Å²) in [6, 6.07) is 8.99. The topological polar surface area (TPSA) is 85.1 Å². The highest BCUT2D eigenvalue weighted by Crippen LogP contribution is 2.15. The van der Waals surface area contributed by atoms with Gasteiger partial charge in [-0.25, -0.2) is 8.42 Å². The van der Waals surface area contributed by atoms with E-state index in [1.807, 2.05) is 19.1 Å². The first kappa shape index (κ1) is 14.5. The zero-order valence-corrected chi connectivity index (χ0v) is 12.0. The Balaban J connectivity index is 2.19. The predicted octanol–water partition coefficient (Wildman–Crippen LogP) is 1.79. The Morgan fingerprint density at radius 2 is 1.90 bits per heavy atom. The van der Waals surface area contributed by atoms with Gasteiger partial charge in [-0.15, -0.1) is 0 Å². The van der Waals surface area contributed by atoms with E-state index < -0.39 is 10.0 Å². The van der Waals surface area contributed by atoms with Gasteiger partial charge in [-0.1, -0.05) is 24.3 Å². The van der Waals surface area contributed by atoms with Crippen molar-refractivity contribution in [2.75, 3.05) is 4.72 Å². The number of nitrogens with one attached hydrogen (secondary N) is 1. The molecule has 1 aromatic carbocycles. The lowest BCUT2D eigenvalue weighted by molar-refractivity contribution is 0.600. The Kier molecular flexibility index (Phi) is 4.36. The Hall–Kier alpha value is -1.92. The van der Waals surface area contributed by atoms with Gasteiger partial charge >= 0.3 is 0 Å². The summed E-state index contributed by atoms with van der Waals surface area (Å²) in [6.07, 6.45) is 3.15. The number of hydrogen-bond donors (Lipinski definition) is 2. The number of pyridine rings is 1. The van der Waals surface area contributed by atoms with Crippen molar-refractivity contribution < 1.29 is 8.42 Å². The molecule has 0 fully saturated rings. The molecule has 0 saturated heterocycles. The van der Waals surface area contributed by atoms with Gasteiger partial charge < -0.3 is 5.73 Å². The largest absolute Gasteiger partial charge is 0.326 e. The number of aromatic nitrogens is 1. The second-order valence-electron chi connectivity index (χ2n) is 4.58. The molecule has 0 amide bonds. The van der Waals surface area contributed by atoms with Crippen molar-refractivity contribution in [2.24, 2.45) is 5.73 Å². The molecule has 0 bridgehead atoms. The van der Waals surface area contributed by atoms with Gasteiger partial charge in [0.1, 0.15) is 0 Å². The van der Waals surface area contributed by atoms with Crippen LogP contribution in [-0.2, 0) is 22.3 Å². The molecule has 1 aromatic heterocycles. The molecule has 2 rings (SSSR count). The number of hydrogen-bond acceptors (Lipinski definition) is 4. The Bertz CT molecular complexity index is 699.